The second kappa shape index (κ2) is 9.84. The van der Waals surface area contributed by atoms with Gasteiger partial charge in [0.15, 0.2) is 0 Å². The van der Waals surface area contributed by atoms with Crippen LogP contribution in [0.1, 0.15) is 15.9 Å². The molecule has 5 rings (SSSR count). The first kappa shape index (κ1) is 25.3. The smallest absolute Gasteiger partial charge is 0.255 e. The van der Waals surface area contributed by atoms with Gasteiger partial charge in [0.25, 0.3) is 5.91 Å². The van der Waals surface area contributed by atoms with Crippen LogP contribution in [-0.2, 0) is 10.0 Å². The van der Waals surface area contributed by atoms with Gasteiger partial charge in [0.1, 0.15) is 11.3 Å². The summed E-state index contributed by atoms with van der Waals surface area (Å²) >= 11 is 0. The van der Waals surface area contributed by atoms with Crippen LogP contribution in [-0.4, -0.2) is 34.7 Å². The zero-order valence-electron chi connectivity index (χ0n) is 21.6. The van der Waals surface area contributed by atoms with E-state index in [0.717, 1.165) is 34.1 Å². The van der Waals surface area contributed by atoms with Crippen molar-refractivity contribution in [3.8, 4) is 33.6 Å². The fourth-order valence-corrected chi connectivity index (χ4v) is 5.04. The van der Waals surface area contributed by atoms with Crippen LogP contribution in [0.3, 0.4) is 0 Å². The Labute approximate surface area is 222 Å². The molecule has 1 amide bonds. The number of amides is 1. The number of aryl methyl sites for hydroxylation is 1. The summed E-state index contributed by atoms with van der Waals surface area (Å²) in [5, 5.41) is 3.33. The Hall–Kier alpha value is -4.36. The molecule has 0 aliphatic rings. The maximum absolute atomic E-state index is 13.1. The number of anilines is 1. The first-order valence-corrected chi connectivity index (χ1v) is 14.0. The summed E-state index contributed by atoms with van der Waals surface area (Å²) < 4.78 is 32.7. The van der Waals surface area contributed by atoms with Crippen LogP contribution < -0.4 is 9.62 Å². The maximum Gasteiger partial charge on any atom is 0.255 e. The molecular formula is C31H28N2O4S. The van der Waals surface area contributed by atoms with Crippen molar-refractivity contribution in [2.75, 3.05) is 24.7 Å². The minimum absolute atomic E-state index is 0.283. The predicted molar refractivity (Wildman–Crippen MR) is 154 cm³/mol. The molecule has 0 aliphatic carbocycles. The lowest BCUT2D eigenvalue weighted by Gasteiger charge is -2.21. The van der Waals surface area contributed by atoms with Crippen molar-refractivity contribution in [3.63, 3.8) is 0 Å². The number of carbonyl (C=O) groups excluding carboxylic acids is 1. The third-order valence-corrected chi connectivity index (χ3v) is 7.91. The third-order valence-electron chi connectivity index (χ3n) is 6.71. The Bertz CT molecular complexity index is 1740. The number of nitrogens with one attached hydrogen (secondary N) is 1. The molecule has 0 spiro atoms. The van der Waals surface area contributed by atoms with E-state index in [2.05, 4.69) is 5.32 Å². The molecule has 6 nitrogen and oxygen atoms in total. The van der Waals surface area contributed by atoms with Gasteiger partial charge in [-0.2, -0.15) is 0 Å². The van der Waals surface area contributed by atoms with E-state index in [1.165, 1.54) is 11.4 Å². The molecule has 0 saturated carbocycles. The molecule has 1 aromatic heterocycles. The van der Waals surface area contributed by atoms with E-state index in [1.54, 1.807) is 13.1 Å². The number of hydrogen-bond acceptors (Lipinski definition) is 4. The number of sulfonamides is 1. The van der Waals surface area contributed by atoms with Crippen molar-refractivity contribution >= 4 is 32.6 Å². The number of nitrogens with zero attached hydrogens (tertiary/aromatic N) is 1. The lowest BCUT2D eigenvalue weighted by atomic mass is 9.96. The Morgan fingerprint density at radius 3 is 2.00 bits per heavy atom. The monoisotopic (exact) mass is 524 g/mol. The molecule has 1 N–H and O–H groups in total. The Balaban J connectivity index is 1.76. The predicted octanol–water partition coefficient (Wildman–Crippen LogP) is 6.50. The standard InChI is InChI=1S/C31H28N2O4S/c1-20-10-12-24(13-11-20)30-29(31(34)32-2)26-18-25(27(19-28(26)37-30)33(3)38(4,35)36)23-16-14-22(15-17-23)21-8-6-5-7-9-21/h5-19H,1-4H3,(H,32,34). The molecule has 0 fully saturated rings. The number of hydrogen-bond donors (Lipinski definition) is 1. The van der Waals surface area contributed by atoms with Crippen molar-refractivity contribution in [2.45, 2.75) is 6.92 Å². The molecule has 5 aromatic rings. The number of rotatable bonds is 6. The molecule has 192 valence electrons. The fraction of sp³-hybridized carbons (Fsp3) is 0.129. The highest BCUT2D eigenvalue weighted by molar-refractivity contribution is 7.92. The molecule has 0 bridgehead atoms. The van der Waals surface area contributed by atoms with Crippen molar-refractivity contribution in [1.82, 2.24) is 5.32 Å². The van der Waals surface area contributed by atoms with Gasteiger partial charge in [-0.15, -0.1) is 0 Å². The van der Waals surface area contributed by atoms with E-state index >= 15 is 0 Å². The molecule has 7 heteroatoms. The summed E-state index contributed by atoms with van der Waals surface area (Å²) in [5.41, 5.74) is 6.76. The average Bonchev–Trinajstić information content (AvgIpc) is 3.30. The Morgan fingerprint density at radius 1 is 0.816 bits per heavy atom. The van der Waals surface area contributed by atoms with Crippen LogP contribution in [0.5, 0.6) is 0 Å². The van der Waals surface area contributed by atoms with Crippen LogP contribution in [0.15, 0.2) is 95.4 Å². The van der Waals surface area contributed by atoms with E-state index in [1.807, 2.05) is 91.9 Å². The van der Waals surface area contributed by atoms with Gasteiger partial charge in [-0.1, -0.05) is 84.4 Å². The Kier molecular flexibility index (Phi) is 6.55. The number of furan rings is 1. The lowest BCUT2D eigenvalue weighted by Crippen LogP contribution is -2.25. The zero-order chi connectivity index (χ0) is 27.0. The van der Waals surface area contributed by atoms with Crippen LogP contribution in [0.4, 0.5) is 5.69 Å². The van der Waals surface area contributed by atoms with Gasteiger partial charge < -0.3 is 9.73 Å². The molecule has 4 aromatic carbocycles. The highest BCUT2D eigenvalue weighted by Crippen LogP contribution is 2.41. The highest BCUT2D eigenvalue weighted by atomic mass is 32.2. The van der Waals surface area contributed by atoms with Crippen LogP contribution in [0, 0.1) is 6.92 Å². The summed E-state index contributed by atoms with van der Waals surface area (Å²) in [7, 11) is -0.481. The van der Waals surface area contributed by atoms with Gasteiger partial charge >= 0.3 is 0 Å². The van der Waals surface area contributed by atoms with Crippen molar-refractivity contribution in [1.29, 1.82) is 0 Å². The number of carbonyl (C=O) groups is 1. The van der Waals surface area contributed by atoms with E-state index in [-0.39, 0.29) is 5.91 Å². The minimum Gasteiger partial charge on any atom is -0.455 e. The Morgan fingerprint density at radius 2 is 1.39 bits per heavy atom. The molecular weight excluding hydrogens is 496 g/mol. The van der Waals surface area contributed by atoms with Crippen molar-refractivity contribution in [3.05, 3.63) is 102 Å². The topological polar surface area (TPSA) is 79.6 Å². The van der Waals surface area contributed by atoms with E-state index < -0.39 is 10.0 Å². The molecule has 1 heterocycles. The molecule has 0 saturated heterocycles. The van der Waals surface area contributed by atoms with E-state index in [4.69, 9.17) is 4.42 Å². The second-order valence-corrected chi connectivity index (χ2v) is 11.3. The third kappa shape index (κ3) is 4.68. The summed E-state index contributed by atoms with van der Waals surface area (Å²) in [6, 6.07) is 29.2. The molecule has 0 atom stereocenters. The summed E-state index contributed by atoms with van der Waals surface area (Å²) in [6.07, 6.45) is 1.16. The van der Waals surface area contributed by atoms with Gasteiger partial charge in [-0.25, -0.2) is 8.42 Å². The van der Waals surface area contributed by atoms with E-state index in [0.29, 0.717) is 33.5 Å². The first-order valence-electron chi connectivity index (χ1n) is 12.2. The van der Waals surface area contributed by atoms with Gasteiger partial charge in [-0.3, -0.25) is 9.10 Å². The van der Waals surface area contributed by atoms with E-state index in [9.17, 15) is 13.2 Å². The average molecular weight is 525 g/mol. The van der Waals surface area contributed by atoms with Gasteiger partial charge in [0, 0.05) is 36.7 Å². The zero-order valence-corrected chi connectivity index (χ0v) is 22.5. The van der Waals surface area contributed by atoms with Crippen molar-refractivity contribution in [2.24, 2.45) is 0 Å². The van der Waals surface area contributed by atoms with Gasteiger partial charge in [0.05, 0.1) is 17.5 Å². The number of fused-ring (bicyclic) bond motifs is 1. The summed E-state index contributed by atoms with van der Waals surface area (Å²) in [6.45, 7) is 1.99. The normalized spacial score (nSPS) is 11.5. The van der Waals surface area contributed by atoms with Crippen LogP contribution in [0.2, 0.25) is 0 Å². The molecule has 38 heavy (non-hydrogen) atoms. The lowest BCUT2D eigenvalue weighted by molar-refractivity contribution is 0.0964. The first-order chi connectivity index (χ1) is 18.2. The number of benzene rings is 4. The molecule has 0 aliphatic heterocycles. The van der Waals surface area contributed by atoms with Gasteiger partial charge in [0.2, 0.25) is 10.0 Å². The SMILES string of the molecule is CNC(=O)c1c(-c2ccc(C)cc2)oc2cc(N(C)S(C)(=O)=O)c(-c3ccc(-c4ccccc4)cc3)cc12. The highest BCUT2D eigenvalue weighted by Gasteiger charge is 2.25. The second-order valence-electron chi connectivity index (χ2n) is 9.29. The largest absolute Gasteiger partial charge is 0.455 e. The van der Waals surface area contributed by atoms with Crippen LogP contribution in [0.25, 0.3) is 44.5 Å². The quantitative estimate of drug-likeness (QED) is 0.275. The maximum atomic E-state index is 13.1. The molecule has 0 radical (unpaired) electrons. The fourth-order valence-electron chi connectivity index (χ4n) is 4.53. The van der Waals surface area contributed by atoms with Gasteiger partial charge in [-0.05, 0) is 29.7 Å². The minimum atomic E-state index is -3.58. The van der Waals surface area contributed by atoms with Crippen LogP contribution >= 0.6 is 0 Å². The summed E-state index contributed by atoms with van der Waals surface area (Å²) in [4.78, 5) is 13.1. The summed E-state index contributed by atoms with van der Waals surface area (Å²) in [5.74, 6) is 0.151. The van der Waals surface area contributed by atoms with Crippen molar-refractivity contribution < 1.29 is 17.6 Å². The molecule has 0 unspecified atom stereocenters.